The molecule has 0 amide bonds. The van der Waals surface area contributed by atoms with Crippen LogP contribution in [0, 0.1) is 0 Å². The molecule has 0 aliphatic rings. The first-order valence-corrected chi connectivity index (χ1v) is 9.18. The molecule has 0 radical (unpaired) electrons. The van der Waals surface area contributed by atoms with Crippen molar-refractivity contribution in [2.45, 2.75) is 13.0 Å². The molecule has 5 rings (SSSR count). The minimum atomic E-state index is -0.189. The van der Waals surface area contributed by atoms with Gasteiger partial charge in [0, 0.05) is 6.20 Å². The third-order valence-electron chi connectivity index (χ3n) is 4.84. The van der Waals surface area contributed by atoms with Crippen LogP contribution in [0.3, 0.4) is 0 Å². The van der Waals surface area contributed by atoms with Crippen molar-refractivity contribution in [3.05, 3.63) is 83.3 Å². The number of imidazole rings is 1. The quantitative estimate of drug-likeness (QED) is 0.494. The van der Waals surface area contributed by atoms with Gasteiger partial charge in [0.05, 0.1) is 34.3 Å². The summed E-state index contributed by atoms with van der Waals surface area (Å²) in [5.41, 5.74) is 3.07. The Morgan fingerprint density at radius 2 is 1.90 bits per heavy atom. The zero-order valence-electron chi connectivity index (χ0n) is 15.6. The minimum absolute atomic E-state index is 0.0551. The molecular formula is C21H17N7O. The number of rotatable bonds is 4. The van der Waals surface area contributed by atoms with E-state index >= 15 is 0 Å². The zero-order valence-corrected chi connectivity index (χ0v) is 15.6. The summed E-state index contributed by atoms with van der Waals surface area (Å²) < 4.78 is 1.83. The molecule has 2 N–H and O–H groups in total. The number of hydrogen-bond donors (Lipinski definition) is 2. The van der Waals surface area contributed by atoms with Gasteiger partial charge in [-0.1, -0.05) is 30.3 Å². The van der Waals surface area contributed by atoms with Crippen molar-refractivity contribution in [2.75, 3.05) is 5.32 Å². The Kier molecular flexibility index (Phi) is 4.02. The Morgan fingerprint density at radius 1 is 1.03 bits per heavy atom. The van der Waals surface area contributed by atoms with E-state index in [0.29, 0.717) is 22.7 Å². The van der Waals surface area contributed by atoms with Crippen LogP contribution in [0.2, 0.25) is 0 Å². The lowest BCUT2D eigenvalue weighted by Gasteiger charge is -2.14. The molecular weight excluding hydrogens is 366 g/mol. The maximum Gasteiger partial charge on any atom is 0.258 e. The number of nitrogens with zero attached hydrogens (tertiary/aromatic N) is 5. The van der Waals surface area contributed by atoms with Crippen LogP contribution in [0.1, 0.15) is 18.5 Å². The summed E-state index contributed by atoms with van der Waals surface area (Å²) in [6.07, 6.45) is 4.78. The highest BCUT2D eigenvalue weighted by molar-refractivity contribution is 5.93. The predicted molar refractivity (Wildman–Crippen MR) is 111 cm³/mol. The normalized spacial score (nSPS) is 12.3. The molecule has 0 spiro atoms. The van der Waals surface area contributed by atoms with Gasteiger partial charge >= 0.3 is 0 Å². The van der Waals surface area contributed by atoms with Gasteiger partial charge in [0.25, 0.3) is 5.56 Å². The number of benzene rings is 2. The van der Waals surface area contributed by atoms with Crippen LogP contribution in [-0.4, -0.2) is 29.5 Å². The molecule has 29 heavy (non-hydrogen) atoms. The molecule has 3 heterocycles. The maximum atomic E-state index is 12.1. The summed E-state index contributed by atoms with van der Waals surface area (Å²) in [6, 6.07) is 15.5. The number of fused-ring (bicyclic) bond motifs is 2. The van der Waals surface area contributed by atoms with E-state index in [0.717, 1.165) is 16.6 Å². The fourth-order valence-electron chi connectivity index (χ4n) is 3.33. The van der Waals surface area contributed by atoms with Gasteiger partial charge in [0.2, 0.25) is 5.95 Å². The average Bonchev–Trinajstić information content (AvgIpc) is 3.16. The monoisotopic (exact) mass is 383 g/mol. The first-order valence-electron chi connectivity index (χ1n) is 9.18. The summed E-state index contributed by atoms with van der Waals surface area (Å²) in [7, 11) is 0. The molecule has 8 heteroatoms. The summed E-state index contributed by atoms with van der Waals surface area (Å²) >= 11 is 0. The van der Waals surface area contributed by atoms with E-state index in [9.17, 15) is 4.79 Å². The van der Waals surface area contributed by atoms with Crippen LogP contribution >= 0.6 is 0 Å². The van der Waals surface area contributed by atoms with E-state index in [1.807, 2.05) is 22.8 Å². The summed E-state index contributed by atoms with van der Waals surface area (Å²) in [4.78, 5) is 32.4. The lowest BCUT2D eigenvalue weighted by Crippen LogP contribution is -2.10. The lowest BCUT2D eigenvalue weighted by atomic mass is 10.1. The topological polar surface area (TPSA) is 101 Å². The second-order valence-electron chi connectivity index (χ2n) is 6.72. The highest BCUT2D eigenvalue weighted by Crippen LogP contribution is 2.22. The van der Waals surface area contributed by atoms with Crippen molar-refractivity contribution in [3.63, 3.8) is 0 Å². The van der Waals surface area contributed by atoms with Gasteiger partial charge in [0.15, 0.2) is 0 Å². The van der Waals surface area contributed by atoms with Crippen LogP contribution in [-0.2, 0) is 0 Å². The van der Waals surface area contributed by atoms with Crippen molar-refractivity contribution in [1.29, 1.82) is 0 Å². The average molecular weight is 383 g/mol. The number of aromatic nitrogens is 6. The molecule has 0 saturated carbocycles. The van der Waals surface area contributed by atoms with Gasteiger partial charge in [-0.25, -0.2) is 15.0 Å². The Morgan fingerprint density at radius 3 is 2.76 bits per heavy atom. The Labute approximate surface area is 165 Å². The molecule has 2 aromatic carbocycles. The van der Waals surface area contributed by atoms with E-state index in [1.165, 1.54) is 6.33 Å². The third-order valence-corrected chi connectivity index (χ3v) is 4.84. The molecule has 0 fully saturated rings. The number of aromatic amines is 1. The molecule has 0 bridgehead atoms. The Balaban J connectivity index is 1.54. The Bertz CT molecular complexity index is 1370. The van der Waals surface area contributed by atoms with Crippen molar-refractivity contribution in [1.82, 2.24) is 29.5 Å². The van der Waals surface area contributed by atoms with Crippen molar-refractivity contribution >= 4 is 27.9 Å². The summed E-state index contributed by atoms with van der Waals surface area (Å²) in [6.45, 7) is 2.06. The minimum Gasteiger partial charge on any atom is -0.348 e. The van der Waals surface area contributed by atoms with Crippen LogP contribution in [0.4, 0.5) is 5.95 Å². The fraction of sp³-hybridized carbons (Fsp3) is 0.0952. The zero-order chi connectivity index (χ0) is 19.8. The SMILES string of the molecule is C[C@H](Nc1nccc(-n2cnc3cc4nc[nH]c(=O)c4cc32)n1)c1ccccc1. The van der Waals surface area contributed by atoms with Crippen LogP contribution in [0.15, 0.2) is 72.2 Å². The van der Waals surface area contributed by atoms with Gasteiger partial charge < -0.3 is 10.3 Å². The second-order valence-corrected chi connectivity index (χ2v) is 6.72. The molecule has 0 aliphatic carbocycles. The second kappa shape index (κ2) is 6.83. The fourth-order valence-corrected chi connectivity index (χ4v) is 3.33. The standard InChI is InChI=1S/C21H17N7O/c1-13(14-5-3-2-4-6-14)26-21-22-8-7-19(27-21)28-12-25-17-10-16-15(9-18(17)28)20(29)24-11-23-16/h2-13H,1H3,(H,22,26,27)(H,23,24,29)/t13-/m0/s1. The number of anilines is 1. The van der Waals surface area contributed by atoms with Gasteiger partial charge in [-0.05, 0) is 30.7 Å². The van der Waals surface area contributed by atoms with E-state index in [1.54, 1.807) is 30.7 Å². The molecule has 1 atom stereocenters. The van der Waals surface area contributed by atoms with E-state index in [2.05, 4.69) is 49.3 Å². The van der Waals surface area contributed by atoms with Gasteiger partial charge in [-0.2, -0.15) is 4.98 Å². The molecule has 142 valence electrons. The first-order chi connectivity index (χ1) is 14.2. The highest BCUT2D eigenvalue weighted by atomic mass is 16.1. The predicted octanol–water partition coefficient (Wildman–Crippen LogP) is 3.23. The van der Waals surface area contributed by atoms with E-state index < -0.39 is 0 Å². The van der Waals surface area contributed by atoms with E-state index in [-0.39, 0.29) is 11.6 Å². The van der Waals surface area contributed by atoms with Gasteiger partial charge in [-0.15, -0.1) is 0 Å². The molecule has 8 nitrogen and oxygen atoms in total. The summed E-state index contributed by atoms with van der Waals surface area (Å²) in [5, 5.41) is 3.83. The van der Waals surface area contributed by atoms with Crippen molar-refractivity contribution in [2.24, 2.45) is 0 Å². The first kappa shape index (κ1) is 17.1. The van der Waals surface area contributed by atoms with E-state index in [4.69, 9.17) is 0 Å². The highest BCUT2D eigenvalue weighted by Gasteiger charge is 2.12. The molecule has 0 unspecified atom stereocenters. The number of nitrogens with one attached hydrogen (secondary N) is 2. The molecule has 5 aromatic rings. The number of hydrogen-bond acceptors (Lipinski definition) is 6. The molecule has 0 saturated heterocycles. The largest absolute Gasteiger partial charge is 0.348 e. The van der Waals surface area contributed by atoms with Crippen molar-refractivity contribution in [3.8, 4) is 5.82 Å². The van der Waals surface area contributed by atoms with Crippen LogP contribution in [0.25, 0.3) is 27.8 Å². The molecule has 3 aromatic heterocycles. The molecule has 0 aliphatic heterocycles. The lowest BCUT2D eigenvalue weighted by molar-refractivity contribution is 0.854. The van der Waals surface area contributed by atoms with Crippen LogP contribution in [0.5, 0.6) is 0 Å². The smallest absolute Gasteiger partial charge is 0.258 e. The summed E-state index contributed by atoms with van der Waals surface area (Å²) in [5.74, 6) is 1.17. The third kappa shape index (κ3) is 3.10. The van der Waals surface area contributed by atoms with Gasteiger partial charge in [-0.3, -0.25) is 9.36 Å². The van der Waals surface area contributed by atoms with Gasteiger partial charge in [0.1, 0.15) is 12.1 Å². The van der Waals surface area contributed by atoms with Crippen LogP contribution < -0.4 is 10.9 Å². The van der Waals surface area contributed by atoms with Crippen molar-refractivity contribution < 1.29 is 0 Å². The number of H-pyrrole nitrogens is 1. The Hall–Kier alpha value is -4.07. The maximum absolute atomic E-state index is 12.1.